The van der Waals surface area contributed by atoms with Crippen LogP contribution in [0.5, 0.6) is 11.5 Å². The van der Waals surface area contributed by atoms with E-state index in [1.54, 1.807) is 0 Å². The van der Waals surface area contributed by atoms with Gasteiger partial charge in [-0.05, 0) is 122 Å². The molecule has 0 bridgehead atoms. The molecule has 0 amide bonds. The molecule has 0 radical (unpaired) electrons. The van der Waals surface area contributed by atoms with Gasteiger partial charge in [-0.2, -0.15) is 0 Å². The van der Waals surface area contributed by atoms with E-state index in [-0.39, 0.29) is 0 Å². The molecule has 0 N–H and O–H groups in total. The van der Waals surface area contributed by atoms with Gasteiger partial charge in [-0.15, -0.1) is 11.3 Å². The fraction of sp³-hybridized carbons (Fsp3) is 0. The van der Waals surface area contributed by atoms with Crippen molar-refractivity contribution in [3.63, 3.8) is 0 Å². The molecule has 0 unspecified atom stereocenters. The number of benzene rings is 10. The first-order valence-corrected chi connectivity index (χ1v) is 21.6. The van der Waals surface area contributed by atoms with Crippen molar-refractivity contribution < 1.29 is 4.74 Å². The summed E-state index contributed by atoms with van der Waals surface area (Å²) in [5, 5.41) is 4.99. The highest BCUT2D eigenvalue weighted by atomic mass is 32.1. The van der Waals surface area contributed by atoms with Gasteiger partial charge in [-0.3, -0.25) is 0 Å². The summed E-state index contributed by atoms with van der Waals surface area (Å²) in [5.74, 6) is 1.66. The molecular weight excluding hydrogens is 759 g/mol. The van der Waals surface area contributed by atoms with Crippen LogP contribution in [0.3, 0.4) is 0 Å². The van der Waals surface area contributed by atoms with Gasteiger partial charge in [0.25, 0.3) is 0 Å². The van der Waals surface area contributed by atoms with Crippen LogP contribution in [-0.2, 0) is 0 Å². The third kappa shape index (κ3) is 6.09. The van der Waals surface area contributed by atoms with Gasteiger partial charge in [-0.1, -0.05) is 158 Å². The number of hydrogen-bond donors (Lipinski definition) is 0. The summed E-state index contributed by atoms with van der Waals surface area (Å²) < 4.78 is 9.68. The maximum absolute atomic E-state index is 7.06. The molecule has 2 nitrogen and oxygen atoms in total. The van der Waals surface area contributed by atoms with E-state index in [0.29, 0.717) is 0 Å². The van der Waals surface area contributed by atoms with Crippen molar-refractivity contribution in [2.24, 2.45) is 0 Å². The van der Waals surface area contributed by atoms with E-state index in [1.807, 2.05) is 11.3 Å². The second-order valence-electron chi connectivity index (χ2n) is 15.6. The minimum absolute atomic E-state index is 0.819. The SMILES string of the molecule is c1ccc(-c2ccc(N(c3ccc(-c4cccc5c4sc4ccccc45)cc3)c3cccc4c3-c3cc5ccccc5cc3-c3cc(-c5ccccc5)ccc3O4)cc2)cc1. The highest BCUT2D eigenvalue weighted by Gasteiger charge is 2.28. The van der Waals surface area contributed by atoms with E-state index in [2.05, 4.69) is 229 Å². The molecule has 61 heavy (non-hydrogen) atoms. The molecule has 3 heteroatoms. The molecule has 0 spiro atoms. The molecule has 1 aromatic heterocycles. The molecule has 0 atom stereocenters. The van der Waals surface area contributed by atoms with Gasteiger partial charge in [0.1, 0.15) is 11.5 Å². The summed E-state index contributed by atoms with van der Waals surface area (Å²) in [7, 11) is 0. The van der Waals surface area contributed by atoms with E-state index in [1.165, 1.54) is 58.8 Å². The lowest BCUT2D eigenvalue weighted by Gasteiger charge is -2.29. The van der Waals surface area contributed by atoms with Crippen molar-refractivity contribution in [2.75, 3.05) is 4.90 Å². The van der Waals surface area contributed by atoms with Crippen molar-refractivity contribution in [3.8, 4) is 67.1 Å². The third-order valence-corrected chi connectivity index (χ3v) is 13.3. The number of rotatable bonds is 6. The van der Waals surface area contributed by atoms with Gasteiger partial charge in [0.2, 0.25) is 0 Å². The summed E-state index contributed by atoms with van der Waals surface area (Å²) in [6, 6.07) is 81.1. The number of anilines is 3. The van der Waals surface area contributed by atoms with Crippen LogP contribution in [0.15, 0.2) is 224 Å². The molecular formula is C58H37NOS. The zero-order valence-corrected chi connectivity index (χ0v) is 33.9. The number of hydrogen-bond acceptors (Lipinski definition) is 3. The van der Waals surface area contributed by atoms with Crippen molar-refractivity contribution in [3.05, 3.63) is 224 Å². The Bertz CT molecular complexity index is 3420. The average molecular weight is 796 g/mol. The second kappa shape index (κ2) is 14.5. The van der Waals surface area contributed by atoms with Crippen molar-refractivity contribution in [1.82, 2.24) is 0 Å². The third-order valence-electron chi connectivity index (χ3n) is 12.1. The first-order valence-electron chi connectivity index (χ1n) is 20.7. The van der Waals surface area contributed by atoms with Crippen LogP contribution in [0.2, 0.25) is 0 Å². The molecule has 12 rings (SSSR count). The van der Waals surface area contributed by atoms with Crippen LogP contribution in [0.4, 0.5) is 17.1 Å². The summed E-state index contributed by atoms with van der Waals surface area (Å²) >= 11 is 1.87. The van der Waals surface area contributed by atoms with Gasteiger partial charge in [0, 0.05) is 42.7 Å². The highest BCUT2D eigenvalue weighted by molar-refractivity contribution is 7.26. The van der Waals surface area contributed by atoms with E-state index in [0.717, 1.165) is 56.4 Å². The molecule has 1 aliphatic rings. The predicted molar refractivity (Wildman–Crippen MR) is 259 cm³/mol. The summed E-state index contributed by atoms with van der Waals surface area (Å²) in [6.07, 6.45) is 0. The maximum Gasteiger partial charge on any atom is 0.137 e. The molecule has 0 saturated carbocycles. The molecule has 286 valence electrons. The Morgan fingerprint density at radius 3 is 1.66 bits per heavy atom. The summed E-state index contributed by atoms with van der Waals surface area (Å²) in [6.45, 7) is 0. The minimum Gasteiger partial charge on any atom is -0.456 e. The standard InChI is InChI=1S/C58H37NOS/c1-3-13-38(14-4-1)40-25-30-45(31-26-40)59(46-32-27-41(28-33-46)47-20-11-21-49-48-19-9-10-24-56(48)61-58(47)49)53-22-12-23-55-57(53)52-37-43-18-8-7-17-42(43)35-50(52)51-36-44(29-34-54(51)60-55)39-15-5-2-6-16-39/h1-37H. The van der Waals surface area contributed by atoms with Gasteiger partial charge in [0.05, 0.1) is 5.69 Å². The lowest BCUT2D eigenvalue weighted by molar-refractivity contribution is 0.488. The number of nitrogens with zero attached hydrogens (tertiary/aromatic N) is 1. The summed E-state index contributed by atoms with van der Waals surface area (Å²) in [5.41, 5.74) is 14.7. The number of fused-ring (bicyclic) bond motifs is 9. The van der Waals surface area contributed by atoms with Crippen LogP contribution in [-0.4, -0.2) is 0 Å². The quantitative estimate of drug-likeness (QED) is 0.166. The van der Waals surface area contributed by atoms with E-state index in [4.69, 9.17) is 4.74 Å². The Hall–Kier alpha value is -7.72. The number of thiophene rings is 1. The summed E-state index contributed by atoms with van der Waals surface area (Å²) in [4.78, 5) is 2.39. The van der Waals surface area contributed by atoms with Gasteiger partial charge in [0.15, 0.2) is 0 Å². The van der Waals surface area contributed by atoms with E-state index >= 15 is 0 Å². The Morgan fingerprint density at radius 2 is 0.918 bits per heavy atom. The predicted octanol–water partition coefficient (Wildman–Crippen LogP) is 17.1. The fourth-order valence-corrected chi connectivity index (χ4v) is 10.4. The van der Waals surface area contributed by atoms with E-state index < -0.39 is 0 Å². The Labute approximate surface area is 358 Å². The van der Waals surface area contributed by atoms with Crippen LogP contribution >= 0.6 is 11.3 Å². The van der Waals surface area contributed by atoms with E-state index in [9.17, 15) is 0 Å². The van der Waals surface area contributed by atoms with Crippen molar-refractivity contribution >= 4 is 59.3 Å². The Kier molecular flexibility index (Phi) is 8.39. The van der Waals surface area contributed by atoms with Crippen LogP contribution in [0, 0.1) is 0 Å². The Balaban J connectivity index is 1.06. The topological polar surface area (TPSA) is 12.5 Å². The largest absolute Gasteiger partial charge is 0.456 e. The van der Waals surface area contributed by atoms with Gasteiger partial charge >= 0.3 is 0 Å². The first kappa shape index (κ1) is 35.2. The monoisotopic (exact) mass is 795 g/mol. The molecule has 2 heterocycles. The van der Waals surface area contributed by atoms with Crippen LogP contribution < -0.4 is 9.64 Å². The molecule has 1 aliphatic heterocycles. The zero-order chi connectivity index (χ0) is 40.3. The molecule has 10 aromatic carbocycles. The minimum atomic E-state index is 0.819. The van der Waals surface area contributed by atoms with Crippen LogP contribution in [0.25, 0.3) is 86.6 Å². The zero-order valence-electron chi connectivity index (χ0n) is 33.1. The lowest BCUT2D eigenvalue weighted by atomic mass is 9.89. The normalized spacial score (nSPS) is 11.7. The second-order valence-corrected chi connectivity index (χ2v) is 16.7. The maximum atomic E-state index is 7.06. The van der Waals surface area contributed by atoms with Gasteiger partial charge in [-0.25, -0.2) is 0 Å². The lowest BCUT2D eigenvalue weighted by Crippen LogP contribution is -2.11. The number of ether oxygens (including phenoxy) is 1. The fourth-order valence-electron chi connectivity index (χ4n) is 9.12. The first-order chi connectivity index (χ1) is 30.2. The molecule has 0 aliphatic carbocycles. The van der Waals surface area contributed by atoms with Gasteiger partial charge < -0.3 is 9.64 Å². The molecule has 0 fully saturated rings. The van der Waals surface area contributed by atoms with Crippen molar-refractivity contribution in [1.29, 1.82) is 0 Å². The van der Waals surface area contributed by atoms with Crippen molar-refractivity contribution in [2.45, 2.75) is 0 Å². The Morgan fingerprint density at radius 1 is 0.344 bits per heavy atom. The smallest absolute Gasteiger partial charge is 0.137 e. The van der Waals surface area contributed by atoms with Crippen LogP contribution in [0.1, 0.15) is 0 Å². The molecule has 0 saturated heterocycles. The highest BCUT2D eigenvalue weighted by Crippen LogP contribution is 2.54. The molecule has 11 aromatic rings. The average Bonchev–Trinajstić information content (AvgIpc) is 3.65.